The number of halogens is 5. The van der Waals surface area contributed by atoms with E-state index in [-0.39, 0.29) is 259 Å². The molecule has 0 aliphatic heterocycles. The molecule has 0 bridgehead atoms. The molecule has 10 heteroatoms. The average molecular weight is 436 g/mol. The van der Waals surface area contributed by atoms with Gasteiger partial charge in [-0.15, -0.1) is 49.6 Å². The summed E-state index contributed by atoms with van der Waals surface area (Å²) in [6, 6.07) is 0. The minimum absolute atomic E-state index is 0. The van der Waals surface area contributed by atoms with Crippen LogP contribution in [0, 0.1) is 0 Å². The Kier molecular flexibility index (Phi) is 578. The van der Waals surface area contributed by atoms with Crippen LogP contribution < -0.4 is 0 Å². The molecule has 0 aliphatic carbocycles. The zero-order chi connectivity index (χ0) is 0. The van der Waals surface area contributed by atoms with Gasteiger partial charge in [0, 0.05) is 0 Å². The van der Waals surface area contributed by atoms with Gasteiger partial charge in [-0.05, 0) is 0 Å². The molecule has 0 nitrogen and oxygen atoms in total. The maximum absolute atomic E-state index is 0. The standard InChI is InChI=1S/Ba.4ClH.FH.2K.Mg.Na.7H/h;5*1H;;;;;;;;;;;. The first kappa shape index (κ1) is 83.3. The van der Waals surface area contributed by atoms with Gasteiger partial charge in [0.2, 0.25) is 0 Å². The SMILES string of the molecule is Cl.Cl.Cl.Cl.F.[BaH2].[KH].[KH].[MgH2].[NaH]. The molecular formula is H12BaCl4FK2MgNa. The van der Waals surface area contributed by atoms with E-state index >= 15 is 0 Å². The van der Waals surface area contributed by atoms with Crippen LogP contribution >= 0.6 is 49.6 Å². The summed E-state index contributed by atoms with van der Waals surface area (Å²) in [7, 11) is 0. The third-order valence-corrected chi connectivity index (χ3v) is 0. The van der Waals surface area contributed by atoms with Crippen molar-refractivity contribution in [3.8, 4) is 0 Å². The van der Waals surface area contributed by atoms with Crippen LogP contribution in [0.1, 0.15) is 0 Å². The first-order valence-corrected chi connectivity index (χ1v) is 0. The third-order valence-electron chi connectivity index (χ3n) is 0. The van der Waals surface area contributed by atoms with Gasteiger partial charge in [-0.3, -0.25) is 4.70 Å². The van der Waals surface area contributed by atoms with Crippen molar-refractivity contribution >= 4 is 254 Å². The molecule has 0 fully saturated rings. The molecule has 0 heterocycles. The van der Waals surface area contributed by atoms with E-state index in [1.807, 2.05) is 0 Å². The molecule has 0 aliphatic rings. The van der Waals surface area contributed by atoms with Crippen molar-refractivity contribution in [1.29, 1.82) is 0 Å². The molecule has 0 atom stereocenters. The summed E-state index contributed by atoms with van der Waals surface area (Å²) in [5.74, 6) is 0. The summed E-state index contributed by atoms with van der Waals surface area (Å²) in [5, 5.41) is 0. The molecule has 0 aromatic heterocycles. The minimum atomic E-state index is 0. The van der Waals surface area contributed by atoms with Crippen LogP contribution in [-0.4, -0.2) is 204 Å². The van der Waals surface area contributed by atoms with Gasteiger partial charge in [0.15, 0.2) is 0 Å². The summed E-state index contributed by atoms with van der Waals surface area (Å²) < 4.78 is 0. The summed E-state index contributed by atoms with van der Waals surface area (Å²) in [6.07, 6.45) is 0. The molecule has 0 amide bonds. The molecule has 0 unspecified atom stereocenters. The molecule has 0 saturated carbocycles. The van der Waals surface area contributed by atoms with Gasteiger partial charge in [-0.2, -0.15) is 0 Å². The summed E-state index contributed by atoms with van der Waals surface area (Å²) in [4.78, 5) is 0. The van der Waals surface area contributed by atoms with Gasteiger partial charge >= 0.3 is 204 Å². The molecule has 0 radical (unpaired) electrons. The van der Waals surface area contributed by atoms with E-state index in [0.717, 1.165) is 0 Å². The van der Waals surface area contributed by atoms with Crippen molar-refractivity contribution in [1.82, 2.24) is 0 Å². The molecule has 0 aromatic carbocycles. The van der Waals surface area contributed by atoms with Gasteiger partial charge < -0.3 is 0 Å². The predicted molar refractivity (Wildman–Crippen MR) is 70.0 cm³/mol. The van der Waals surface area contributed by atoms with Crippen LogP contribution in [0.25, 0.3) is 0 Å². The summed E-state index contributed by atoms with van der Waals surface area (Å²) >= 11 is 0. The summed E-state index contributed by atoms with van der Waals surface area (Å²) in [5.41, 5.74) is 0. The maximum atomic E-state index is 0. The van der Waals surface area contributed by atoms with Gasteiger partial charge in [0.05, 0.1) is 0 Å². The van der Waals surface area contributed by atoms with E-state index in [9.17, 15) is 0 Å². The fourth-order valence-electron chi connectivity index (χ4n) is 0. The Morgan fingerprint density at radius 3 is 0.600 bits per heavy atom. The van der Waals surface area contributed by atoms with Crippen molar-refractivity contribution in [2.45, 2.75) is 0 Å². The molecule has 54 valence electrons. The quantitative estimate of drug-likeness (QED) is 0.389. The fourth-order valence-corrected chi connectivity index (χ4v) is 0. The second-order valence-electron chi connectivity index (χ2n) is 0. The van der Waals surface area contributed by atoms with E-state index in [4.69, 9.17) is 0 Å². The predicted octanol–water partition coefficient (Wildman–Crippen LogP) is -1.94. The number of rotatable bonds is 0. The number of hydrogen-bond donors (Lipinski definition) is 0. The van der Waals surface area contributed by atoms with Gasteiger partial charge in [0.25, 0.3) is 0 Å². The molecular weight excluding hydrogens is 424 g/mol. The van der Waals surface area contributed by atoms with Crippen molar-refractivity contribution in [3.63, 3.8) is 0 Å². The van der Waals surface area contributed by atoms with E-state index in [1.165, 1.54) is 0 Å². The van der Waals surface area contributed by atoms with Crippen LogP contribution in [-0.2, 0) is 0 Å². The first-order valence-electron chi connectivity index (χ1n) is 0. The monoisotopic (exact) mass is 434 g/mol. The first-order chi connectivity index (χ1) is 0. The molecule has 0 saturated heterocycles. The Hall–Kier alpha value is 7.70. The van der Waals surface area contributed by atoms with Crippen LogP contribution in [0.4, 0.5) is 4.70 Å². The van der Waals surface area contributed by atoms with E-state index < -0.39 is 0 Å². The molecule has 10 heavy (non-hydrogen) atoms. The van der Waals surface area contributed by atoms with Crippen molar-refractivity contribution in [2.24, 2.45) is 0 Å². The van der Waals surface area contributed by atoms with Crippen LogP contribution in [0.2, 0.25) is 0 Å². The van der Waals surface area contributed by atoms with Crippen LogP contribution in [0.3, 0.4) is 0 Å². The Labute approximate surface area is 250 Å². The Morgan fingerprint density at radius 2 is 0.600 bits per heavy atom. The normalized spacial score (nSPS) is 0. The molecule has 0 rings (SSSR count). The van der Waals surface area contributed by atoms with E-state index in [1.54, 1.807) is 0 Å². The van der Waals surface area contributed by atoms with Gasteiger partial charge in [-0.25, -0.2) is 0 Å². The zero-order valence-corrected chi connectivity index (χ0v) is 5.31. The second kappa shape index (κ2) is 69.4. The Bertz CT molecular complexity index is 23.2. The summed E-state index contributed by atoms with van der Waals surface area (Å²) in [6.45, 7) is 0. The third kappa shape index (κ3) is 57.2. The Balaban J connectivity index is 0. The van der Waals surface area contributed by atoms with E-state index in [0.29, 0.717) is 0 Å². The van der Waals surface area contributed by atoms with Crippen LogP contribution in [0.5, 0.6) is 0 Å². The topological polar surface area (TPSA) is 0 Å². The average Bonchev–Trinajstić information content (AvgIpc) is 0. The van der Waals surface area contributed by atoms with E-state index in [2.05, 4.69) is 0 Å². The number of hydrogen-bond acceptors (Lipinski definition) is 0. The molecule has 0 N–H and O–H groups in total. The van der Waals surface area contributed by atoms with Crippen molar-refractivity contribution in [3.05, 3.63) is 0 Å². The Morgan fingerprint density at radius 1 is 0.600 bits per heavy atom. The van der Waals surface area contributed by atoms with Gasteiger partial charge in [0.1, 0.15) is 0 Å². The van der Waals surface area contributed by atoms with Crippen molar-refractivity contribution in [2.75, 3.05) is 0 Å². The van der Waals surface area contributed by atoms with Crippen LogP contribution in [0.15, 0.2) is 0 Å². The second-order valence-corrected chi connectivity index (χ2v) is 0. The zero-order valence-electron chi connectivity index (χ0n) is 2.04. The van der Waals surface area contributed by atoms with Crippen molar-refractivity contribution < 1.29 is 4.70 Å². The molecule has 0 aromatic rings. The van der Waals surface area contributed by atoms with Gasteiger partial charge in [-0.1, -0.05) is 0 Å². The fraction of sp³-hybridized carbons (Fsp3) is 0. The molecule has 0 spiro atoms.